The predicted molar refractivity (Wildman–Crippen MR) is 78.4 cm³/mol. The number of rotatable bonds is 3. The van der Waals surface area contributed by atoms with Crippen molar-refractivity contribution in [1.82, 2.24) is 5.32 Å². The molecular weight excluding hydrogens is 236 g/mol. The molecule has 2 aliphatic heterocycles. The summed E-state index contributed by atoms with van der Waals surface area (Å²) in [5.74, 6) is 0.755. The van der Waals surface area contributed by atoms with Gasteiger partial charge in [0.1, 0.15) is 0 Å². The summed E-state index contributed by atoms with van der Waals surface area (Å²) in [6, 6.07) is 6.51. The lowest BCUT2D eigenvalue weighted by Crippen LogP contribution is -2.42. The zero-order valence-electron chi connectivity index (χ0n) is 11.7. The zero-order valence-corrected chi connectivity index (χ0v) is 11.7. The van der Waals surface area contributed by atoms with E-state index in [0.717, 1.165) is 37.4 Å². The lowest BCUT2D eigenvalue weighted by atomic mass is 9.85. The second-order valence-electron chi connectivity index (χ2n) is 5.86. The van der Waals surface area contributed by atoms with Gasteiger partial charge in [-0.15, -0.1) is 0 Å². The van der Waals surface area contributed by atoms with Crippen LogP contribution in [-0.2, 0) is 6.42 Å². The standard InChI is InChI=1S/C16H24N2O/c1-2-11-6-8-17-14(10-11)16(19)13-5-3-4-12-7-9-18-15(12)13/h3-5,11,14,16-19H,2,6-10H2,1H3. The molecule has 0 aromatic heterocycles. The van der Waals surface area contributed by atoms with Crippen LogP contribution >= 0.6 is 0 Å². The van der Waals surface area contributed by atoms with Gasteiger partial charge in [-0.3, -0.25) is 0 Å². The maximum atomic E-state index is 10.7. The van der Waals surface area contributed by atoms with Crippen LogP contribution in [0.2, 0.25) is 0 Å². The van der Waals surface area contributed by atoms with Crippen LogP contribution in [0.15, 0.2) is 18.2 Å². The molecule has 3 rings (SSSR count). The van der Waals surface area contributed by atoms with Gasteiger partial charge in [0.2, 0.25) is 0 Å². The molecule has 3 nitrogen and oxygen atoms in total. The molecule has 0 bridgehead atoms. The van der Waals surface area contributed by atoms with Gasteiger partial charge in [-0.05, 0) is 37.3 Å². The Morgan fingerprint density at radius 2 is 2.26 bits per heavy atom. The van der Waals surface area contributed by atoms with Crippen LogP contribution in [-0.4, -0.2) is 24.2 Å². The second kappa shape index (κ2) is 5.51. The summed E-state index contributed by atoms with van der Waals surface area (Å²) < 4.78 is 0. The molecule has 2 aliphatic rings. The smallest absolute Gasteiger partial charge is 0.0963 e. The molecule has 104 valence electrons. The molecule has 3 N–H and O–H groups in total. The SMILES string of the molecule is CCC1CCNC(C(O)c2cccc3c2NCC3)C1. The first kappa shape index (κ1) is 12.9. The van der Waals surface area contributed by atoms with E-state index in [4.69, 9.17) is 0 Å². The number of para-hydroxylation sites is 1. The summed E-state index contributed by atoms with van der Waals surface area (Å²) in [5.41, 5.74) is 3.60. The summed E-state index contributed by atoms with van der Waals surface area (Å²) in [4.78, 5) is 0. The number of aliphatic hydroxyl groups excluding tert-OH is 1. The van der Waals surface area contributed by atoms with Crippen molar-refractivity contribution in [2.45, 2.75) is 44.8 Å². The van der Waals surface area contributed by atoms with Crippen molar-refractivity contribution in [2.24, 2.45) is 5.92 Å². The van der Waals surface area contributed by atoms with Gasteiger partial charge in [-0.25, -0.2) is 0 Å². The van der Waals surface area contributed by atoms with Gasteiger partial charge in [0.15, 0.2) is 0 Å². The first-order chi connectivity index (χ1) is 9.29. The Morgan fingerprint density at radius 1 is 1.37 bits per heavy atom. The van der Waals surface area contributed by atoms with Gasteiger partial charge in [-0.2, -0.15) is 0 Å². The third kappa shape index (κ3) is 2.49. The third-order valence-electron chi connectivity index (χ3n) is 4.70. The van der Waals surface area contributed by atoms with E-state index in [-0.39, 0.29) is 6.04 Å². The van der Waals surface area contributed by atoms with E-state index in [1.807, 2.05) is 0 Å². The van der Waals surface area contributed by atoms with Crippen molar-refractivity contribution in [3.05, 3.63) is 29.3 Å². The molecule has 2 heterocycles. The first-order valence-electron chi connectivity index (χ1n) is 7.56. The molecule has 1 aromatic rings. The Balaban J connectivity index is 1.80. The van der Waals surface area contributed by atoms with E-state index in [9.17, 15) is 5.11 Å². The molecule has 1 fully saturated rings. The normalized spacial score (nSPS) is 27.7. The highest BCUT2D eigenvalue weighted by Gasteiger charge is 2.29. The minimum atomic E-state index is -0.394. The summed E-state index contributed by atoms with van der Waals surface area (Å²) in [6.45, 7) is 4.28. The second-order valence-corrected chi connectivity index (χ2v) is 5.86. The van der Waals surface area contributed by atoms with Crippen molar-refractivity contribution in [1.29, 1.82) is 0 Å². The molecule has 0 radical (unpaired) electrons. The fraction of sp³-hybridized carbons (Fsp3) is 0.625. The highest BCUT2D eigenvalue weighted by molar-refractivity contribution is 5.62. The fourth-order valence-corrected chi connectivity index (χ4v) is 3.47. The minimum absolute atomic E-state index is 0.201. The monoisotopic (exact) mass is 260 g/mol. The van der Waals surface area contributed by atoms with Gasteiger partial charge in [0.25, 0.3) is 0 Å². The Hall–Kier alpha value is -1.06. The summed E-state index contributed by atoms with van der Waals surface area (Å²) >= 11 is 0. The average molecular weight is 260 g/mol. The fourth-order valence-electron chi connectivity index (χ4n) is 3.47. The van der Waals surface area contributed by atoms with Gasteiger partial charge in [-0.1, -0.05) is 31.5 Å². The molecule has 1 saturated heterocycles. The Kier molecular flexibility index (Phi) is 3.76. The van der Waals surface area contributed by atoms with E-state index in [1.165, 1.54) is 24.1 Å². The van der Waals surface area contributed by atoms with Crippen molar-refractivity contribution >= 4 is 5.69 Å². The van der Waals surface area contributed by atoms with Crippen LogP contribution in [0, 0.1) is 5.92 Å². The van der Waals surface area contributed by atoms with E-state index in [1.54, 1.807) is 0 Å². The lowest BCUT2D eigenvalue weighted by Gasteiger charge is -2.33. The number of benzene rings is 1. The van der Waals surface area contributed by atoms with Crippen molar-refractivity contribution < 1.29 is 5.11 Å². The number of aliphatic hydroxyl groups is 1. The summed E-state index contributed by atoms with van der Waals surface area (Å²) in [7, 11) is 0. The van der Waals surface area contributed by atoms with E-state index < -0.39 is 6.10 Å². The van der Waals surface area contributed by atoms with Crippen LogP contribution in [0.4, 0.5) is 5.69 Å². The Bertz CT molecular complexity index is 446. The van der Waals surface area contributed by atoms with Gasteiger partial charge < -0.3 is 15.7 Å². The molecule has 0 saturated carbocycles. The molecule has 0 amide bonds. The number of nitrogens with one attached hydrogen (secondary N) is 2. The molecule has 19 heavy (non-hydrogen) atoms. The molecule has 0 aliphatic carbocycles. The highest BCUT2D eigenvalue weighted by Crippen LogP contribution is 2.35. The summed E-state index contributed by atoms with van der Waals surface area (Å²) in [5, 5.41) is 17.6. The largest absolute Gasteiger partial charge is 0.387 e. The number of fused-ring (bicyclic) bond motifs is 1. The van der Waals surface area contributed by atoms with Crippen LogP contribution in [0.3, 0.4) is 0 Å². The lowest BCUT2D eigenvalue weighted by molar-refractivity contribution is 0.0984. The first-order valence-corrected chi connectivity index (χ1v) is 7.56. The van der Waals surface area contributed by atoms with Crippen LogP contribution in [0.1, 0.15) is 43.4 Å². The topological polar surface area (TPSA) is 44.3 Å². The average Bonchev–Trinajstić information content (AvgIpc) is 2.95. The maximum Gasteiger partial charge on any atom is 0.0963 e. The molecule has 1 aromatic carbocycles. The molecule has 3 heteroatoms. The Labute approximate surface area is 115 Å². The number of piperidine rings is 1. The molecule has 0 spiro atoms. The Morgan fingerprint density at radius 3 is 3.11 bits per heavy atom. The molecule has 3 atom stereocenters. The third-order valence-corrected chi connectivity index (χ3v) is 4.70. The summed E-state index contributed by atoms with van der Waals surface area (Å²) in [6.07, 6.45) is 4.23. The van der Waals surface area contributed by atoms with Gasteiger partial charge in [0.05, 0.1) is 6.10 Å². The van der Waals surface area contributed by atoms with Crippen LogP contribution in [0.25, 0.3) is 0 Å². The van der Waals surface area contributed by atoms with E-state index in [0.29, 0.717) is 0 Å². The number of anilines is 1. The number of hydrogen-bond acceptors (Lipinski definition) is 3. The molecular formula is C16H24N2O. The predicted octanol–water partition coefficient (Wildman–Crippen LogP) is 2.47. The van der Waals surface area contributed by atoms with E-state index >= 15 is 0 Å². The zero-order chi connectivity index (χ0) is 13.2. The molecule has 3 unspecified atom stereocenters. The van der Waals surface area contributed by atoms with Crippen LogP contribution < -0.4 is 10.6 Å². The van der Waals surface area contributed by atoms with Crippen molar-refractivity contribution in [2.75, 3.05) is 18.4 Å². The quantitative estimate of drug-likeness (QED) is 0.782. The highest BCUT2D eigenvalue weighted by atomic mass is 16.3. The van der Waals surface area contributed by atoms with E-state index in [2.05, 4.69) is 35.8 Å². The van der Waals surface area contributed by atoms with Crippen molar-refractivity contribution in [3.8, 4) is 0 Å². The number of hydrogen-bond donors (Lipinski definition) is 3. The van der Waals surface area contributed by atoms with Gasteiger partial charge in [0, 0.05) is 23.8 Å². The van der Waals surface area contributed by atoms with Crippen LogP contribution in [0.5, 0.6) is 0 Å². The minimum Gasteiger partial charge on any atom is -0.387 e. The van der Waals surface area contributed by atoms with Crippen molar-refractivity contribution in [3.63, 3.8) is 0 Å². The maximum absolute atomic E-state index is 10.7. The van der Waals surface area contributed by atoms with Gasteiger partial charge >= 0.3 is 0 Å².